The van der Waals surface area contributed by atoms with Crippen molar-refractivity contribution in [1.82, 2.24) is 0 Å². The van der Waals surface area contributed by atoms with Gasteiger partial charge in [0.15, 0.2) is 0 Å². The van der Waals surface area contributed by atoms with Gasteiger partial charge in [-0.15, -0.1) is 11.3 Å². The fourth-order valence-corrected chi connectivity index (χ4v) is 3.50. The maximum Gasteiger partial charge on any atom is 0.251 e. The quantitative estimate of drug-likeness (QED) is 0.796. The van der Waals surface area contributed by atoms with Crippen LogP contribution in [0, 0.1) is 13.8 Å². The number of rotatable bonds is 4. The van der Waals surface area contributed by atoms with E-state index in [9.17, 15) is 9.59 Å². The highest BCUT2D eigenvalue weighted by Crippen LogP contribution is 2.32. The summed E-state index contributed by atoms with van der Waals surface area (Å²) in [6.07, 6.45) is 3.21. The Morgan fingerprint density at radius 3 is 2.24 bits per heavy atom. The molecule has 2 aromatic rings. The molecule has 0 spiro atoms. The van der Waals surface area contributed by atoms with Crippen molar-refractivity contribution < 1.29 is 9.59 Å². The molecule has 1 heterocycles. The highest BCUT2D eigenvalue weighted by Gasteiger charge is 2.18. The molecule has 0 radical (unpaired) electrons. The molecule has 0 unspecified atom stereocenters. The minimum atomic E-state index is -0.529. The molecule has 5 heteroatoms. The standard InChI is InChI=1S/C20H24N2O2S/c1-12-13(2)25-19(17(12)18(21)24)22-16(23)11-8-14-6-9-15(10-7-14)20(3,4)5/h6-11H,1-5H3,(H2,21,24)(H,22,23)/b11-8+. The average Bonchev–Trinajstić information content (AvgIpc) is 2.79. The molecule has 0 bridgehead atoms. The van der Waals surface area contributed by atoms with Crippen LogP contribution in [0.15, 0.2) is 30.3 Å². The molecule has 1 aromatic carbocycles. The summed E-state index contributed by atoms with van der Waals surface area (Å²) in [5.41, 5.74) is 8.90. The smallest absolute Gasteiger partial charge is 0.251 e. The van der Waals surface area contributed by atoms with E-state index in [0.717, 1.165) is 16.0 Å². The van der Waals surface area contributed by atoms with Gasteiger partial charge in [0.05, 0.1) is 5.56 Å². The number of benzene rings is 1. The van der Waals surface area contributed by atoms with E-state index in [0.29, 0.717) is 10.6 Å². The summed E-state index contributed by atoms with van der Waals surface area (Å²) in [6.45, 7) is 10.2. The predicted molar refractivity (Wildman–Crippen MR) is 105 cm³/mol. The number of carbonyl (C=O) groups is 2. The van der Waals surface area contributed by atoms with Crippen molar-refractivity contribution in [2.75, 3.05) is 5.32 Å². The minimum Gasteiger partial charge on any atom is -0.365 e. The normalized spacial score (nSPS) is 11.7. The maximum atomic E-state index is 12.2. The summed E-state index contributed by atoms with van der Waals surface area (Å²) in [4.78, 5) is 24.7. The van der Waals surface area contributed by atoms with Gasteiger partial charge in [0.2, 0.25) is 5.91 Å². The number of thiophene rings is 1. The summed E-state index contributed by atoms with van der Waals surface area (Å²) in [6, 6.07) is 8.10. The van der Waals surface area contributed by atoms with Crippen molar-refractivity contribution in [3.63, 3.8) is 0 Å². The van der Waals surface area contributed by atoms with Crippen LogP contribution in [0.3, 0.4) is 0 Å². The van der Waals surface area contributed by atoms with Gasteiger partial charge in [-0.2, -0.15) is 0 Å². The number of hydrogen-bond donors (Lipinski definition) is 2. The van der Waals surface area contributed by atoms with Gasteiger partial charge in [-0.25, -0.2) is 0 Å². The van der Waals surface area contributed by atoms with Gasteiger partial charge in [0, 0.05) is 11.0 Å². The second-order valence-electron chi connectivity index (χ2n) is 7.05. The molecule has 0 aliphatic carbocycles. The fourth-order valence-electron chi connectivity index (χ4n) is 2.43. The molecule has 4 nitrogen and oxygen atoms in total. The number of carbonyl (C=O) groups excluding carboxylic acids is 2. The van der Waals surface area contributed by atoms with Gasteiger partial charge in [-0.3, -0.25) is 9.59 Å². The molecule has 3 N–H and O–H groups in total. The van der Waals surface area contributed by atoms with E-state index in [1.165, 1.54) is 23.0 Å². The first-order valence-electron chi connectivity index (χ1n) is 8.09. The van der Waals surface area contributed by atoms with Crippen molar-refractivity contribution in [1.29, 1.82) is 0 Å². The number of nitrogens with two attached hydrogens (primary N) is 1. The summed E-state index contributed by atoms with van der Waals surface area (Å²) >= 11 is 1.36. The first-order valence-corrected chi connectivity index (χ1v) is 8.90. The largest absolute Gasteiger partial charge is 0.365 e. The molecule has 1 aromatic heterocycles. The molecular weight excluding hydrogens is 332 g/mol. The van der Waals surface area contributed by atoms with E-state index in [-0.39, 0.29) is 11.3 Å². The Morgan fingerprint density at radius 1 is 1.12 bits per heavy atom. The van der Waals surface area contributed by atoms with Crippen LogP contribution >= 0.6 is 11.3 Å². The Balaban J connectivity index is 2.12. The number of anilines is 1. The van der Waals surface area contributed by atoms with Gasteiger partial charge in [-0.1, -0.05) is 45.0 Å². The summed E-state index contributed by atoms with van der Waals surface area (Å²) < 4.78 is 0. The lowest BCUT2D eigenvalue weighted by atomic mass is 9.87. The molecule has 2 amide bonds. The fraction of sp³-hybridized carbons (Fsp3) is 0.300. The molecule has 0 atom stereocenters. The lowest BCUT2D eigenvalue weighted by Crippen LogP contribution is -2.16. The van der Waals surface area contributed by atoms with Crippen LogP contribution < -0.4 is 11.1 Å². The molecule has 2 rings (SSSR count). The van der Waals surface area contributed by atoms with Gasteiger partial charge < -0.3 is 11.1 Å². The van der Waals surface area contributed by atoms with E-state index in [2.05, 4.69) is 38.2 Å². The Morgan fingerprint density at radius 2 is 1.72 bits per heavy atom. The average molecular weight is 356 g/mol. The van der Waals surface area contributed by atoms with Crippen LogP contribution in [0.1, 0.15) is 52.7 Å². The maximum absolute atomic E-state index is 12.2. The minimum absolute atomic E-state index is 0.0969. The molecule has 132 valence electrons. The van der Waals surface area contributed by atoms with E-state index < -0.39 is 5.91 Å². The van der Waals surface area contributed by atoms with E-state index >= 15 is 0 Å². The van der Waals surface area contributed by atoms with Crippen LogP contribution in [-0.4, -0.2) is 11.8 Å². The van der Waals surface area contributed by atoms with Crippen LogP contribution in [0.4, 0.5) is 5.00 Å². The molecule has 0 saturated heterocycles. The second-order valence-corrected chi connectivity index (χ2v) is 8.27. The first kappa shape index (κ1) is 18.9. The molecule has 25 heavy (non-hydrogen) atoms. The van der Waals surface area contributed by atoms with Crippen molar-refractivity contribution in [3.8, 4) is 0 Å². The zero-order chi connectivity index (χ0) is 18.8. The Hall–Kier alpha value is -2.40. The number of aryl methyl sites for hydroxylation is 1. The molecule has 0 aliphatic heterocycles. The van der Waals surface area contributed by atoms with Crippen molar-refractivity contribution >= 4 is 34.2 Å². The zero-order valence-electron chi connectivity index (χ0n) is 15.3. The van der Waals surface area contributed by atoms with Gasteiger partial charge in [0.1, 0.15) is 5.00 Å². The van der Waals surface area contributed by atoms with E-state index in [4.69, 9.17) is 5.73 Å². The van der Waals surface area contributed by atoms with E-state index in [1.807, 2.05) is 26.0 Å². The summed E-state index contributed by atoms with van der Waals surface area (Å²) in [5, 5.41) is 3.25. The third kappa shape index (κ3) is 4.57. The van der Waals surface area contributed by atoms with Crippen molar-refractivity contribution in [3.05, 3.63) is 57.5 Å². The number of amides is 2. The van der Waals surface area contributed by atoms with Gasteiger partial charge in [0.25, 0.3) is 5.91 Å². The number of hydrogen-bond acceptors (Lipinski definition) is 3. The zero-order valence-corrected chi connectivity index (χ0v) is 16.1. The molecule has 0 saturated carbocycles. The lowest BCUT2D eigenvalue weighted by molar-refractivity contribution is -0.111. The number of primary amides is 1. The number of nitrogens with one attached hydrogen (secondary N) is 1. The van der Waals surface area contributed by atoms with Gasteiger partial charge in [-0.05, 0) is 42.0 Å². The Kier molecular flexibility index (Phi) is 5.48. The Labute approximate surface area is 152 Å². The van der Waals surface area contributed by atoms with Crippen LogP contribution in [0.5, 0.6) is 0 Å². The SMILES string of the molecule is Cc1sc(NC(=O)/C=C/c2ccc(C(C)(C)C)cc2)c(C(N)=O)c1C. The van der Waals surface area contributed by atoms with Crippen molar-refractivity contribution in [2.45, 2.75) is 40.0 Å². The third-order valence-corrected chi connectivity index (χ3v) is 5.19. The Bertz CT molecular complexity index is 825. The lowest BCUT2D eigenvalue weighted by Gasteiger charge is -2.18. The van der Waals surface area contributed by atoms with Crippen LogP contribution in [0.25, 0.3) is 6.08 Å². The monoisotopic (exact) mass is 356 g/mol. The topological polar surface area (TPSA) is 72.2 Å². The third-order valence-electron chi connectivity index (χ3n) is 4.07. The summed E-state index contributed by atoms with van der Waals surface area (Å²) in [7, 11) is 0. The van der Waals surface area contributed by atoms with E-state index in [1.54, 1.807) is 6.08 Å². The van der Waals surface area contributed by atoms with Gasteiger partial charge >= 0.3 is 0 Å². The van der Waals surface area contributed by atoms with Crippen LogP contribution in [0.2, 0.25) is 0 Å². The molecular formula is C20H24N2O2S. The van der Waals surface area contributed by atoms with Crippen LogP contribution in [-0.2, 0) is 10.2 Å². The molecule has 0 fully saturated rings. The highest BCUT2D eigenvalue weighted by molar-refractivity contribution is 7.16. The first-order chi connectivity index (χ1) is 11.6. The summed E-state index contributed by atoms with van der Waals surface area (Å²) in [5.74, 6) is -0.817. The molecule has 0 aliphatic rings. The second kappa shape index (κ2) is 7.23. The van der Waals surface area contributed by atoms with Crippen molar-refractivity contribution in [2.24, 2.45) is 5.73 Å². The highest BCUT2D eigenvalue weighted by atomic mass is 32.1. The predicted octanol–water partition coefficient (Wildman–Crippen LogP) is 4.41.